The molecule has 0 spiro atoms. The van der Waals surface area contributed by atoms with Gasteiger partial charge in [-0.3, -0.25) is 0 Å². The van der Waals surface area contributed by atoms with Crippen LogP contribution in [0.5, 0.6) is 0 Å². The van der Waals surface area contributed by atoms with Crippen molar-refractivity contribution in [3.63, 3.8) is 0 Å². The molecule has 5 nitrogen and oxygen atoms in total. The quantitative estimate of drug-likeness (QED) is 0.731. The second-order valence-corrected chi connectivity index (χ2v) is 6.51. The van der Waals surface area contributed by atoms with E-state index in [0.29, 0.717) is 0 Å². The summed E-state index contributed by atoms with van der Waals surface area (Å²) in [5, 5.41) is 8.47. The van der Waals surface area contributed by atoms with Crippen molar-refractivity contribution in [3.8, 4) is 0 Å². The van der Waals surface area contributed by atoms with Gasteiger partial charge in [0.05, 0.1) is 4.90 Å². The highest BCUT2D eigenvalue weighted by Gasteiger charge is 2.09. The lowest BCUT2D eigenvalue weighted by Crippen LogP contribution is -2.23. The summed E-state index contributed by atoms with van der Waals surface area (Å²) in [5.74, 6) is 0. The molecule has 3 N–H and O–H groups in total. The van der Waals surface area contributed by atoms with E-state index in [4.69, 9.17) is 5.14 Å². The maximum Gasteiger partial charge on any atom is 0.238 e. The Bertz CT molecular complexity index is 483. The van der Waals surface area contributed by atoms with Crippen LogP contribution in [0.25, 0.3) is 0 Å². The van der Waals surface area contributed by atoms with Crippen LogP contribution >= 0.6 is 0 Å². The van der Waals surface area contributed by atoms with E-state index in [9.17, 15) is 8.42 Å². The lowest BCUT2D eigenvalue weighted by molar-refractivity contribution is 0.389. The molecule has 0 aliphatic carbocycles. The SMILES string of the molecule is CC(NCCCN(C)C)c1ccc(S(N)(=O)=O)cc1. The first-order chi connectivity index (χ1) is 8.80. The van der Waals surface area contributed by atoms with E-state index in [0.717, 1.165) is 25.1 Å². The van der Waals surface area contributed by atoms with E-state index < -0.39 is 10.0 Å². The molecule has 0 saturated carbocycles. The summed E-state index contributed by atoms with van der Waals surface area (Å²) in [6.45, 7) is 4.03. The Kier molecular flexibility index (Phi) is 5.93. The number of hydrogen-bond donors (Lipinski definition) is 2. The predicted molar refractivity (Wildman–Crippen MR) is 77.4 cm³/mol. The largest absolute Gasteiger partial charge is 0.310 e. The van der Waals surface area contributed by atoms with Crippen LogP contribution in [-0.2, 0) is 10.0 Å². The van der Waals surface area contributed by atoms with E-state index in [2.05, 4.69) is 31.2 Å². The van der Waals surface area contributed by atoms with Gasteiger partial charge in [-0.15, -0.1) is 0 Å². The summed E-state index contributed by atoms with van der Waals surface area (Å²) in [4.78, 5) is 2.30. The minimum Gasteiger partial charge on any atom is -0.310 e. The van der Waals surface area contributed by atoms with Crippen molar-refractivity contribution in [2.45, 2.75) is 24.3 Å². The summed E-state index contributed by atoms with van der Waals surface area (Å²) < 4.78 is 22.3. The first-order valence-electron chi connectivity index (χ1n) is 6.31. The first kappa shape index (κ1) is 16.1. The van der Waals surface area contributed by atoms with E-state index in [1.54, 1.807) is 24.3 Å². The van der Waals surface area contributed by atoms with Crippen LogP contribution in [-0.4, -0.2) is 40.5 Å². The molecule has 0 fully saturated rings. The molecule has 19 heavy (non-hydrogen) atoms. The highest BCUT2D eigenvalue weighted by Crippen LogP contribution is 2.15. The lowest BCUT2D eigenvalue weighted by atomic mass is 10.1. The Morgan fingerprint density at radius 3 is 2.32 bits per heavy atom. The molecular weight excluding hydrogens is 262 g/mol. The molecule has 0 radical (unpaired) electrons. The zero-order valence-electron chi connectivity index (χ0n) is 11.8. The average molecular weight is 285 g/mol. The van der Waals surface area contributed by atoms with Gasteiger partial charge in [0.1, 0.15) is 0 Å². The van der Waals surface area contributed by atoms with Crippen LogP contribution < -0.4 is 10.5 Å². The van der Waals surface area contributed by atoms with Gasteiger partial charge >= 0.3 is 0 Å². The molecule has 0 saturated heterocycles. The van der Waals surface area contributed by atoms with Crippen LogP contribution in [0.1, 0.15) is 24.9 Å². The second-order valence-electron chi connectivity index (χ2n) is 4.95. The van der Waals surface area contributed by atoms with E-state index in [1.165, 1.54) is 0 Å². The smallest absolute Gasteiger partial charge is 0.238 e. The molecule has 6 heteroatoms. The topological polar surface area (TPSA) is 75.4 Å². The fourth-order valence-corrected chi connectivity index (χ4v) is 2.29. The summed E-state index contributed by atoms with van der Waals surface area (Å²) in [5.41, 5.74) is 1.05. The Balaban J connectivity index is 2.51. The molecule has 0 aliphatic heterocycles. The van der Waals surface area contributed by atoms with Crippen molar-refractivity contribution < 1.29 is 8.42 Å². The van der Waals surface area contributed by atoms with Crippen LogP contribution in [0.4, 0.5) is 0 Å². The van der Waals surface area contributed by atoms with Gasteiger partial charge in [-0.2, -0.15) is 0 Å². The van der Waals surface area contributed by atoms with E-state index >= 15 is 0 Å². The van der Waals surface area contributed by atoms with Crippen LogP contribution in [0, 0.1) is 0 Å². The summed E-state index contributed by atoms with van der Waals surface area (Å²) in [6, 6.07) is 6.87. The average Bonchev–Trinajstić information content (AvgIpc) is 2.33. The standard InChI is InChI=1S/C13H23N3O2S/c1-11(15-9-4-10-16(2)3)12-5-7-13(8-6-12)19(14,17)18/h5-8,11,15H,4,9-10H2,1-3H3,(H2,14,17,18). The number of hydrogen-bond acceptors (Lipinski definition) is 4. The third kappa shape index (κ3) is 5.69. The molecule has 1 unspecified atom stereocenters. The van der Waals surface area contributed by atoms with Gasteiger partial charge in [0.25, 0.3) is 0 Å². The monoisotopic (exact) mass is 285 g/mol. The first-order valence-corrected chi connectivity index (χ1v) is 7.86. The highest BCUT2D eigenvalue weighted by atomic mass is 32.2. The Morgan fingerprint density at radius 1 is 1.26 bits per heavy atom. The second kappa shape index (κ2) is 7.00. The molecule has 0 heterocycles. The van der Waals surface area contributed by atoms with Crippen molar-refractivity contribution in [1.29, 1.82) is 0 Å². The third-order valence-electron chi connectivity index (χ3n) is 2.94. The van der Waals surface area contributed by atoms with Crippen molar-refractivity contribution in [3.05, 3.63) is 29.8 Å². The van der Waals surface area contributed by atoms with Crippen molar-refractivity contribution in [2.24, 2.45) is 5.14 Å². The van der Waals surface area contributed by atoms with Gasteiger partial charge in [-0.05, 0) is 58.2 Å². The number of primary sulfonamides is 1. The summed E-state index contributed by atoms with van der Waals surface area (Å²) >= 11 is 0. The fourth-order valence-electron chi connectivity index (χ4n) is 1.78. The number of nitrogens with two attached hydrogens (primary N) is 1. The lowest BCUT2D eigenvalue weighted by Gasteiger charge is -2.16. The zero-order chi connectivity index (χ0) is 14.5. The summed E-state index contributed by atoms with van der Waals surface area (Å²) in [7, 11) is 0.500. The van der Waals surface area contributed by atoms with Gasteiger partial charge in [0.15, 0.2) is 0 Å². The normalized spacial score (nSPS) is 13.7. The molecule has 1 atom stereocenters. The number of nitrogens with one attached hydrogen (secondary N) is 1. The minimum atomic E-state index is -3.60. The fraction of sp³-hybridized carbons (Fsp3) is 0.538. The molecular formula is C13H23N3O2S. The molecule has 1 aromatic rings. The highest BCUT2D eigenvalue weighted by molar-refractivity contribution is 7.89. The molecule has 1 aromatic carbocycles. The maximum atomic E-state index is 11.1. The van der Waals surface area contributed by atoms with Crippen LogP contribution in [0.2, 0.25) is 0 Å². The number of nitrogens with zero attached hydrogens (tertiary/aromatic N) is 1. The van der Waals surface area contributed by atoms with Gasteiger partial charge < -0.3 is 10.2 Å². The van der Waals surface area contributed by atoms with Crippen molar-refractivity contribution >= 4 is 10.0 Å². The number of rotatable bonds is 7. The van der Waals surface area contributed by atoms with Crippen LogP contribution in [0.15, 0.2) is 29.2 Å². The Labute approximate surface area is 115 Å². The maximum absolute atomic E-state index is 11.1. The summed E-state index contributed by atoms with van der Waals surface area (Å²) in [6.07, 6.45) is 1.08. The van der Waals surface area contributed by atoms with Crippen LogP contribution in [0.3, 0.4) is 0 Å². The predicted octanol–water partition coefficient (Wildman–Crippen LogP) is 0.936. The third-order valence-corrected chi connectivity index (χ3v) is 3.87. The molecule has 1 rings (SSSR count). The zero-order valence-corrected chi connectivity index (χ0v) is 12.6. The van der Waals surface area contributed by atoms with Gasteiger partial charge in [-0.25, -0.2) is 13.6 Å². The molecule has 108 valence electrons. The van der Waals surface area contributed by atoms with Crippen molar-refractivity contribution in [1.82, 2.24) is 10.2 Å². The Hall–Kier alpha value is -0.950. The van der Waals surface area contributed by atoms with Gasteiger partial charge in [0.2, 0.25) is 10.0 Å². The van der Waals surface area contributed by atoms with Crippen molar-refractivity contribution in [2.75, 3.05) is 27.2 Å². The number of sulfonamides is 1. The minimum absolute atomic E-state index is 0.149. The molecule has 0 aliphatic rings. The number of benzene rings is 1. The molecule has 0 aromatic heterocycles. The van der Waals surface area contributed by atoms with Gasteiger partial charge in [0, 0.05) is 6.04 Å². The van der Waals surface area contributed by atoms with Gasteiger partial charge in [-0.1, -0.05) is 12.1 Å². The Morgan fingerprint density at radius 2 is 1.84 bits per heavy atom. The van der Waals surface area contributed by atoms with E-state index in [-0.39, 0.29) is 10.9 Å². The van der Waals surface area contributed by atoms with E-state index in [1.807, 2.05) is 0 Å². The molecule has 0 bridgehead atoms. The molecule has 0 amide bonds.